The summed E-state index contributed by atoms with van der Waals surface area (Å²) in [5, 5.41) is 2.33. The summed E-state index contributed by atoms with van der Waals surface area (Å²) in [6, 6.07) is 32.3. The third-order valence-electron chi connectivity index (χ3n) is 5.62. The molecule has 0 bridgehead atoms. The smallest absolute Gasteiger partial charge is 0.135 e. The summed E-state index contributed by atoms with van der Waals surface area (Å²) in [6.07, 6.45) is 0. The van der Waals surface area contributed by atoms with Crippen LogP contribution in [0.1, 0.15) is 26.3 Å². The molecule has 1 heteroatoms. The lowest BCUT2D eigenvalue weighted by molar-refractivity contribution is 0.590. The molecule has 0 aliphatic heterocycles. The highest BCUT2D eigenvalue weighted by atomic mass is 16.3. The van der Waals surface area contributed by atoms with Gasteiger partial charge in [0.15, 0.2) is 0 Å². The van der Waals surface area contributed by atoms with E-state index in [0.29, 0.717) is 0 Å². The molecule has 1 aromatic heterocycles. The SMILES string of the molecule is CC(C)(C)c1cc(-c2ccccc2)cc(-c2ccc3oc4ccccc4c3c2)c1. The molecule has 0 unspecified atom stereocenters. The van der Waals surface area contributed by atoms with Crippen LogP contribution in [-0.4, -0.2) is 0 Å². The molecule has 29 heavy (non-hydrogen) atoms. The summed E-state index contributed by atoms with van der Waals surface area (Å²) in [5.41, 5.74) is 8.24. The predicted octanol–water partition coefficient (Wildman–Crippen LogP) is 8.22. The largest absolute Gasteiger partial charge is 0.456 e. The Morgan fingerprint density at radius 1 is 0.517 bits per heavy atom. The van der Waals surface area contributed by atoms with Crippen molar-refractivity contribution in [3.8, 4) is 22.3 Å². The van der Waals surface area contributed by atoms with E-state index in [0.717, 1.165) is 11.2 Å². The van der Waals surface area contributed by atoms with Crippen molar-refractivity contribution >= 4 is 21.9 Å². The van der Waals surface area contributed by atoms with Crippen molar-refractivity contribution in [1.82, 2.24) is 0 Å². The Kier molecular flexibility index (Phi) is 4.06. The molecule has 0 saturated heterocycles. The van der Waals surface area contributed by atoms with Gasteiger partial charge in [0.25, 0.3) is 0 Å². The van der Waals surface area contributed by atoms with E-state index in [2.05, 4.69) is 99.6 Å². The highest BCUT2D eigenvalue weighted by molar-refractivity contribution is 6.06. The molecule has 0 aliphatic rings. The summed E-state index contributed by atoms with van der Waals surface area (Å²) < 4.78 is 6.01. The van der Waals surface area contributed by atoms with Crippen molar-refractivity contribution in [2.45, 2.75) is 26.2 Å². The van der Waals surface area contributed by atoms with Gasteiger partial charge in [0, 0.05) is 10.8 Å². The van der Waals surface area contributed by atoms with Gasteiger partial charge in [0.05, 0.1) is 0 Å². The molecular weight excluding hydrogens is 352 g/mol. The van der Waals surface area contributed by atoms with E-state index in [1.165, 1.54) is 38.6 Å². The van der Waals surface area contributed by atoms with Gasteiger partial charge in [-0.2, -0.15) is 0 Å². The standard InChI is InChI=1S/C28H24O/c1-28(2,3)23-16-21(19-9-5-4-6-10-19)15-22(17-23)20-13-14-27-25(18-20)24-11-7-8-12-26(24)29-27/h4-18H,1-3H3. The highest BCUT2D eigenvalue weighted by Crippen LogP contribution is 2.36. The van der Waals surface area contributed by atoms with Crippen molar-refractivity contribution in [3.63, 3.8) is 0 Å². The maximum Gasteiger partial charge on any atom is 0.135 e. The molecule has 0 fully saturated rings. The van der Waals surface area contributed by atoms with Gasteiger partial charge in [-0.05, 0) is 57.5 Å². The average Bonchev–Trinajstić information content (AvgIpc) is 3.11. The fraction of sp³-hybridized carbons (Fsp3) is 0.143. The lowest BCUT2D eigenvalue weighted by Gasteiger charge is -2.22. The first-order valence-electron chi connectivity index (χ1n) is 10.1. The van der Waals surface area contributed by atoms with E-state index in [1.54, 1.807) is 0 Å². The Morgan fingerprint density at radius 2 is 1.17 bits per heavy atom. The summed E-state index contributed by atoms with van der Waals surface area (Å²) in [7, 11) is 0. The molecule has 0 saturated carbocycles. The van der Waals surface area contributed by atoms with Crippen LogP contribution >= 0.6 is 0 Å². The Morgan fingerprint density at radius 3 is 1.93 bits per heavy atom. The molecule has 5 aromatic rings. The van der Waals surface area contributed by atoms with Crippen LogP contribution in [0.15, 0.2) is 95.4 Å². The molecular formula is C28H24O. The predicted molar refractivity (Wildman–Crippen MR) is 123 cm³/mol. The monoisotopic (exact) mass is 376 g/mol. The molecule has 0 N–H and O–H groups in total. The summed E-state index contributed by atoms with van der Waals surface area (Å²) in [5.74, 6) is 0. The van der Waals surface area contributed by atoms with E-state index in [9.17, 15) is 0 Å². The quantitative estimate of drug-likeness (QED) is 0.302. The number of fused-ring (bicyclic) bond motifs is 3. The van der Waals surface area contributed by atoms with Gasteiger partial charge in [-0.3, -0.25) is 0 Å². The van der Waals surface area contributed by atoms with Gasteiger partial charge >= 0.3 is 0 Å². The number of rotatable bonds is 2. The number of hydrogen-bond donors (Lipinski definition) is 0. The second kappa shape index (κ2) is 6.63. The zero-order valence-electron chi connectivity index (χ0n) is 17.1. The first kappa shape index (κ1) is 17.8. The first-order valence-corrected chi connectivity index (χ1v) is 10.1. The van der Waals surface area contributed by atoms with Crippen molar-refractivity contribution in [2.75, 3.05) is 0 Å². The maximum atomic E-state index is 6.01. The highest BCUT2D eigenvalue weighted by Gasteiger charge is 2.17. The molecule has 1 nitrogen and oxygen atoms in total. The molecule has 4 aromatic carbocycles. The first-order chi connectivity index (χ1) is 14.0. The van der Waals surface area contributed by atoms with Crippen LogP contribution in [0.2, 0.25) is 0 Å². The van der Waals surface area contributed by atoms with E-state index < -0.39 is 0 Å². The topological polar surface area (TPSA) is 13.1 Å². The minimum absolute atomic E-state index is 0.0754. The molecule has 0 atom stereocenters. The molecule has 0 amide bonds. The summed E-state index contributed by atoms with van der Waals surface area (Å²) in [4.78, 5) is 0. The second-order valence-electron chi connectivity index (χ2n) is 8.72. The van der Waals surface area contributed by atoms with E-state index in [1.807, 2.05) is 12.1 Å². The lowest BCUT2D eigenvalue weighted by Crippen LogP contribution is -2.11. The number of benzene rings is 4. The average molecular weight is 376 g/mol. The minimum Gasteiger partial charge on any atom is -0.456 e. The van der Waals surface area contributed by atoms with Gasteiger partial charge < -0.3 is 4.42 Å². The molecule has 0 radical (unpaired) electrons. The van der Waals surface area contributed by atoms with Crippen LogP contribution in [0.4, 0.5) is 0 Å². The number of furan rings is 1. The number of hydrogen-bond acceptors (Lipinski definition) is 1. The number of para-hydroxylation sites is 1. The van der Waals surface area contributed by atoms with Crippen LogP contribution in [0.25, 0.3) is 44.2 Å². The molecule has 0 aliphatic carbocycles. The minimum atomic E-state index is 0.0754. The Bertz CT molecular complexity index is 1320. The molecule has 5 rings (SSSR count). The molecule has 142 valence electrons. The van der Waals surface area contributed by atoms with Crippen molar-refractivity contribution in [1.29, 1.82) is 0 Å². The van der Waals surface area contributed by atoms with Crippen molar-refractivity contribution in [3.05, 3.63) is 96.6 Å². The third-order valence-corrected chi connectivity index (χ3v) is 5.62. The fourth-order valence-electron chi connectivity index (χ4n) is 3.93. The Labute approximate surface area is 171 Å². The van der Waals surface area contributed by atoms with Gasteiger partial charge in [-0.25, -0.2) is 0 Å². The van der Waals surface area contributed by atoms with Crippen molar-refractivity contribution in [2.24, 2.45) is 0 Å². The fourth-order valence-corrected chi connectivity index (χ4v) is 3.93. The van der Waals surface area contributed by atoms with Crippen LogP contribution in [0, 0.1) is 0 Å². The second-order valence-corrected chi connectivity index (χ2v) is 8.72. The van der Waals surface area contributed by atoms with Crippen LogP contribution in [-0.2, 0) is 5.41 Å². The summed E-state index contributed by atoms with van der Waals surface area (Å²) in [6.45, 7) is 6.81. The normalized spacial score (nSPS) is 12.0. The van der Waals surface area contributed by atoms with E-state index >= 15 is 0 Å². The molecule has 1 heterocycles. The van der Waals surface area contributed by atoms with Crippen LogP contribution in [0.3, 0.4) is 0 Å². The zero-order chi connectivity index (χ0) is 20.0. The zero-order valence-corrected chi connectivity index (χ0v) is 17.1. The summed E-state index contributed by atoms with van der Waals surface area (Å²) >= 11 is 0. The lowest BCUT2D eigenvalue weighted by atomic mass is 9.83. The van der Waals surface area contributed by atoms with Crippen LogP contribution in [0.5, 0.6) is 0 Å². The van der Waals surface area contributed by atoms with Gasteiger partial charge in [0.2, 0.25) is 0 Å². The van der Waals surface area contributed by atoms with Gasteiger partial charge in [-0.1, -0.05) is 87.5 Å². The van der Waals surface area contributed by atoms with Crippen molar-refractivity contribution < 1.29 is 4.42 Å². The Balaban J connectivity index is 1.73. The van der Waals surface area contributed by atoms with Gasteiger partial charge in [0.1, 0.15) is 11.2 Å². The van der Waals surface area contributed by atoms with E-state index in [4.69, 9.17) is 4.42 Å². The van der Waals surface area contributed by atoms with Crippen LogP contribution < -0.4 is 0 Å². The third kappa shape index (κ3) is 3.23. The van der Waals surface area contributed by atoms with E-state index in [-0.39, 0.29) is 5.41 Å². The van der Waals surface area contributed by atoms with Gasteiger partial charge in [-0.15, -0.1) is 0 Å². The maximum absolute atomic E-state index is 6.01. The molecule has 0 spiro atoms. The Hall–Kier alpha value is -3.32.